The van der Waals surface area contributed by atoms with Crippen LogP contribution in [0.2, 0.25) is 0 Å². The summed E-state index contributed by atoms with van der Waals surface area (Å²) in [5.41, 5.74) is 0. The SMILES string of the molecule is CCOCCN(C)C1CNC1. The molecule has 3 nitrogen and oxygen atoms in total. The Balaban J connectivity index is 1.96. The molecule has 0 saturated carbocycles. The molecule has 0 unspecified atom stereocenters. The summed E-state index contributed by atoms with van der Waals surface area (Å²) in [4.78, 5) is 2.35. The molecule has 66 valence electrons. The van der Waals surface area contributed by atoms with Gasteiger partial charge in [0.25, 0.3) is 0 Å². The van der Waals surface area contributed by atoms with Crippen molar-refractivity contribution in [2.24, 2.45) is 0 Å². The smallest absolute Gasteiger partial charge is 0.0593 e. The van der Waals surface area contributed by atoms with Gasteiger partial charge in [0.15, 0.2) is 0 Å². The number of nitrogens with one attached hydrogen (secondary N) is 1. The second kappa shape index (κ2) is 4.70. The summed E-state index contributed by atoms with van der Waals surface area (Å²) < 4.78 is 5.26. The summed E-state index contributed by atoms with van der Waals surface area (Å²) in [6.07, 6.45) is 0. The van der Waals surface area contributed by atoms with E-state index in [0.717, 1.165) is 38.9 Å². The third-order valence-corrected chi connectivity index (χ3v) is 2.18. The summed E-state index contributed by atoms with van der Waals surface area (Å²) >= 11 is 0. The molecule has 0 aliphatic carbocycles. The van der Waals surface area contributed by atoms with Crippen molar-refractivity contribution in [1.29, 1.82) is 0 Å². The van der Waals surface area contributed by atoms with Gasteiger partial charge >= 0.3 is 0 Å². The number of hydrogen-bond donors (Lipinski definition) is 1. The van der Waals surface area contributed by atoms with Crippen molar-refractivity contribution in [3.63, 3.8) is 0 Å². The van der Waals surface area contributed by atoms with Crippen LogP contribution >= 0.6 is 0 Å². The Bertz CT molecular complexity index is 104. The molecule has 0 radical (unpaired) electrons. The van der Waals surface area contributed by atoms with Crippen LogP contribution in [0, 0.1) is 0 Å². The third-order valence-electron chi connectivity index (χ3n) is 2.18. The predicted octanol–water partition coefficient (Wildman–Crippen LogP) is -0.0735. The summed E-state index contributed by atoms with van der Waals surface area (Å²) in [7, 11) is 2.16. The van der Waals surface area contributed by atoms with Crippen LogP contribution in [0.3, 0.4) is 0 Å². The molecule has 1 heterocycles. The first-order chi connectivity index (χ1) is 5.34. The highest BCUT2D eigenvalue weighted by Crippen LogP contribution is 2.00. The van der Waals surface area contributed by atoms with Crippen LogP contribution in [0.1, 0.15) is 6.92 Å². The molecule has 1 rings (SSSR count). The van der Waals surface area contributed by atoms with Crippen LogP contribution in [-0.4, -0.2) is 50.8 Å². The summed E-state index contributed by atoms with van der Waals surface area (Å²) in [5, 5.41) is 3.25. The first-order valence-corrected chi connectivity index (χ1v) is 4.33. The minimum absolute atomic E-state index is 0.746. The molecule has 0 aromatic carbocycles. The van der Waals surface area contributed by atoms with Gasteiger partial charge in [-0.2, -0.15) is 0 Å². The summed E-state index contributed by atoms with van der Waals surface area (Å²) in [6, 6.07) is 0.746. The van der Waals surface area contributed by atoms with Gasteiger partial charge in [-0.15, -0.1) is 0 Å². The molecule has 0 amide bonds. The predicted molar refractivity (Wildman–Crippen MR) is 45.8 cm³/mol. The first-order valence-electron chi connectivity index (χ1n) is 4.33. The fraction of sp³-hybridized carbons (Fsp3) is 1.00. The highest BCUT2D eigenvalue weighted by atomic mass is 16.5. The minimum atomic E-state index is 0.746. The van der Waals surface area contributed by atoms with Gasteiger partial charge in [-0.1, -0.05) is 0 Å². The van der Waals surface area contributed by atoms with Crippen LogP contribution in [-0.2, 0) is 4.74 Å². The van der Waals surface area contributed by atoms with Crippen molar-refractivity contribution < 1.29 is 4.74 Å². The lowest BCUT2D eigenvalue weighted by Gasteiger charge is -2.35. The molecular weight excluding hydrogens is 140 g/mol. The maximum atomic E-state index is 5.26. The van der Waals surface area contributed by atoms with Crippen LogP contribution in [0.15, 0.2) is 0 Å². The van der Waals surface area contributed by atoms with E-state index in [0.29, 0.717) is 0 Å². The van der Waals surface area contributed by atoms with E-state index in [2.05, 4.69) is 17.3 Å². The lowest BCUT2D eigenvalue weighted by Crippen LogP contribution is -2.56. The van der Waals surface area contributed by atoms with Gasteiger partial charge in [-0.3, -0.25) is 4.90 Å². The van der Waals surface area contributed by atoms with E-state index in [1.807, 2.05) is 6.92 Å². The Kier molecular flexibility index (Phi) is 3.83. The molecule has 0 bridgehead atoms. The Morgan fingerprint density at radius 3 is 2.73 bits per heavy atom. The fourth-order valence-corrected chi connectivity index (χ4v) is 1.12. The van der Waals surface area contributed by atoms with Gasteiger partial charge < -0.3 is 10.1 Å². The summed E-state index contributed by atoms with van der Waals surface area (Å²) in [5.74, 6) is 0. The Labute approximate surface area is 68.7 Å². The molecule has 0 atom stereocenters. The van der Waals surface area contributed by atoms with Crippen LogP contribution in [0.4, 0.5) is 0 Å². The van der Waals surface area contributed by atoms with Crippen LogP contribution < -0.4 is 5.32 Å². The lowest BCUT2D eigenvalue weighted by atomic mass is 10.1. The van der Waals surface area contributed by atoms with Crippen LogP contribution in [0.5, 0.6) is 0 Å². The highest BCUT2D eigenvalue weighted by molar-refractivity contribution is 4.82. The third kappa shape index (κ3) is 2.77. The average molecular weight is 158 g/mol. The molecule has 1 N–H and O–H groups in total. The van der Waals surface area contributed by atoms with Gasteiger partial charge in [-0.25, -0.2) is 0 Å². The maximum absolute atomic E-state index is 5.26. The van der Waals surface area contributed by atoms with E-state index in [1.54, 1.807) is 0 Å². The van der Waals surface area contributed by atoms with Crippen molar-refractivity contribution in [2.45, 2.75) is 13.0 Å². The second-order valence-corrected chi connectivity index (χ2v) is 2.99. The largest absolute Gasteiger partial charge is 0.380 e. The molecule has 0 aromatic heterocycles. The van der Waals surface area contributed by atoms with Gasteiger partial charge in [0, 0.05) is 32.3 Å². The normalized spacial score (nSPS) is 18.8. The average Bonchev–Trinajstić information content (AvgIpc) is 1.84. The molecule has 0 spiro atoms. The number of rotatable bonds is 5. The Morgan fingerprint density at radius 1 is 1.55 bits per heavy atom. The zero-order valence-corrected chi connectivity index (χ0v) is 7.47. The zero-order valence-electron chi connectivity index (χ0n) is 7.47. The molecule has 3 heteroatoms. The summed E-state index contributed by atoms with van der Waals surface area (Å²) in [6.45, 7) is 7.07. The standard InChI is InChI=1S/C8H18N2O/c1-3-11-5-4-10(2)8-6-9-7-8/h8-9H,3-7H2,1-2H3. The molecule has 11 heavy (non-hydrogen) atoms. The molecule has 1 fully saturated rings. The van der Waals surface area contributed by atoms with E-state index < -0.39 is 0 Å². The topological polar surface area (TPSA) is 24.5 Å². The van der Waals surface area contributed by atoms with Gasteiger partial charge in [0.05, 0.1) is 6.61 Å². The molecule has 1 saturated heterocycles. The van der Waals surface area contributed by atoms with E-state index in [9.17, 15) is 0 Å². The fourth-order valence-electron chi connectivity index (χ4n) is 1.12. The Hall–Kier alpha value is -0.120. The van der Waals surface area contributed by atoms with E-state index in [4.69, 9.17) is 4.74 Å². The monoisotopic (exact) mass is 158 g/mol. The molecule has 0 aromatic rings. The van der Waals surface area contributed by atoms with E-state index in [1.165, 1.54) is 0 Å². The molecule has 1 aliphatic rings. The van der Waals surface area contributed by atoms with Crippen molar-refractivity contribution in [3.8, 4) is 0 Å². The first kappa shape index (κ1) is 8.97. The maximum Gasteiger partial charge on any atom is 0.0593 e. The number of hydrogen-bond acceptors (Lipinski definition) is 3. The zero-order chi connectivity index (χ0) is 8.10. The van der Waals surface area contributed by atoms with Crippen molar-refractivity contribution >= 4 is 0 Å². The quantitative estimate of drug-likeness (QED) is 0.567. The van der Waals surface area contributed by atoms with Gasteiger partial charge in [0.2, 0.25) is 0 Å². The number of likely N-dealkylation sites (N-methyl/N-ethyl adjacent to an activating group) is 1. The minimum Gasteiger partial charge on any atom is -0.380 e. The van der Waals surface area contributed by atoms with E-state index >= 15 is 0 Å². The van der Waals surface area contributed by atoms with Gasteiger partial charge in [0.1, 0.15) is 0 Å². The van der Waals surface area contributed by atoms with Crippen LogP contribution in [0.25, 0.3) is 0 Å². The molecule has 1 aliphatic heterocycles. The van der Waals surface area contributed by atoms with E-state index in [-0.39, 0.29) is 0 Å². The number of nitrogens with zero attached hydrogens (tertiary/aromatic N) is 1. The van der Waals surface area contributed by atoms with Crippen molar-refractivity contribution in [2.75, 3.05) is 39.9 Å². The van der Waals surface area contributed by atoms with Crippen molar-refractivity contribution in [3.05, 3.63) is 0 Å². The second-order valence-electron chi connectivity index (χ2n) is 2.99. The molecular formula is C8H18N2O. The lowest BCUT2D eigenvalue weighted by molar-refractivity contribution is 0.0937. The Morgan fingerprint density at radius 2 is 2.27 bits per heavy atom. The van der Waals surface area contributed by atoms with Gasteiger partial charge in [-0.05, 0) is 14.0 Å². The van der Waals surface area contributed by atoms with Crippen molar-refractivity contribution in [1.82, 2.24) is 10.2 Å². The highest BCUT2D eigenvalue weighted by Gasteiger charge is 2.20. The number of ether oxygens (including phenoxy) is 1.